The van der Waals surface area contributed by atoms with Gasteiger partial charge in [0.15, 0.2) is 0 Å². The van der Waals surface area contributed by atoms with Gasteiger partial charge in [-0.05, 0) is 45.4 Å². The first-order valence-electron chi connectivity index (χ1n) is 6.00. The predicted octanol–water partition coefficient (Wildman–Crippen LogP) is 3.90. The minimum absolute atomic E-state index is 0.179. The Bertz CT molecular complexity index is 424. The molecule has 0 radical (unpaired) electrons. The summed E-state index contributed by atoms with van der Waals surface area (Å²) < 4.78 is 6.29. The first-order valence-corrected chi connectivity index (χ1v) is 6.79. The Hall–Kier alpha value is -1.03. The fourth-order valence-corrected chi connectivity index (χ4v) is 1.78. The zero-order valence-electron chi connectivity index (χ0n) is 11.3. The molecule has 0 spiro atoms. The summed E-state index contributed by atoms with van der Waals surface area (Å²) in [6, 6.07) is 6.03. The summed E-state index contributed by atoms with van der Waals surface area (Å²) in [7, 11) is 0. The van der Waals surface area contributed by atoms with Gasteiger partial charge >= 0.3 is 5.97 Å². The molecule has 0 saturated carbocycles. The third kappa shape index (κ3) is 5.54. The second-order valence-corrected chi connectivity index (χ2v) is 6.08. The normalized spacial score (nSPS) is 11.2. The largest absolute Gasteiger partial charge is 0.460 e. The lowest BCUT2D eigenvalue weighted by molar-refractivity contribution is -0.154. The van der Waals surface area contributed by atoms with Gasteiger partial charge in [0.1, 0.15) is 5.60 Å². The molecule has 0 heterocycles. The number of nitrogens with one attached hydrogen (secondary N) is 1. The summed E-state index contributed by atoms with van der Waals surface area (Å²) in [5.41, 5.74) is 1.77. The molecule has 4 heteroatoms. The number of aryl methyl sites for hydroxylation is 1. The number of hydrogen-bond donors (Lipinski definition) is 1. The number of rotatable bonds is 4. The topological polar surface area (TPSA) is 38.3 Å². The number of carbonyl (C=O) groups excluding carboxylic acids is 1. The van der Waals surface area contributed by atoms with Crippen LogP contribution < -0.4 is 5.32 Å². The number of carbonyl (C=O) groups is 1. The molecule has 0 amide bonds. The summed E-state index contributed by atoms with van der Waals surface area (Å²) in [4.78, 5) is 11.5. The fraction of sp³-hybridized carbons (Fsp3) is 0.500. The highest BCUT2D eigenvalue weighted by molar-refractivity contribution is 9.10. The van der Waals surface area contributed by atoms with Crippen LogP contribution in [0.1, 0.15) is 32.8 Å². The van der Waals surface area contributed by atoms with Crippen molar-refractivity contribution in [2.24, 2.45) is 0 Å². The molecule has 0 bridgehead atoms. The van der Waals surface area contributed by atoms with Crippen molar-refractivity contribution < 1.29 is 9.53 Å². The van der Waals surface area contributed by atoms with Gasteiger partial charge in [0.25, 0.3) is 0 Å². The molecule has 3 nitrogen and oxygen atoms in total. The SMILES string of the molecule is Cc1ccc(NCCC(=O)OC(C)(C)C)cc1Br. The summed E-state index contributed by atoms with van der Waals surface area (Å²) in [6.45, 7) is 8.22. The number of halogens is 1. The van der Waals surface area contributed by atoms with Gasteiger partial charge in [0.05, 0.1) is 6.42 Å². The van der Waals surface area contributed by atoms with Gasteiger partial charge < -0.3 is 10.1 Å². The first kappa shape index (κ1) is 15.0. The van der Waals surface area contributed by atoms with E-state index in [9.17, 15) is 4.79 Å². The van der Waals surface area contributed by atoms with E-state index in [1.165, 1.54) is 5.56 Å². The summed E-state index contributed by atoms with van der Waals surface area (Å²) >= 11 is 3.48. The molecule has 0 unspecified atom stereocenters. The number of ether oxygens (including phenoxy) is 1. The van der Waals surface area contributed by atoms with E-state index in [1.807, 2.05) is 45.9 Å². The highest BCUT2D eigenvalue weighted by Gasteiger charge is 2.15. The van der Waals surface area contributed by atoms with Crippen molar-refractivity contribution in [2.75, 3.05) is 11.9 Å². The van der Waals surface area contributed by atoms with Gasteiger partial charge in [-0.25, -0.2) is 0 Å². The number of anilines is 1. The molecule has 1 aromatic rings. The van der Waals surface area contributed by atoms with Crippen molar-refractivity contribution in [3.63, 3.8) is 0 Å². The van der Waals surface area contributed by atoms with E-state index in [2.05, 4.69) is 21.2 Å². The van der Waals surface area contributed by atoms with Gasteiger partial charge in [0, 0.05) is 16.7 Å². The highest BCUT2D eigenvalue weighted by Crippen LogP contribution is 2.20. The van der Waals surface area contributed by atoms with Crippen LogP contribution in [-0.2, 0) is 9.53 Å². The van der Waals surface area contributed by atoms with E-state index in [0.29, 0.717) is 13.0 Å². The third-order valence-corrected chi connectivity index (χ3v) is 3.10. The van der Waals surface area contributed by atoms with Gasteiger partial charge in [0.2, 0.25) is 0 Å². The second-order valence-electron chi connectivity index (χ2n) is 5.23. The predicted molar refractivity (Wildman–Crippen MR) is 77.8 cm³/mol. The minimum Gasteiger partial charge on any atom is -0.460 e. The molecule has 100 valence electrons. The Balaban J connectivity index is 2.38. The Kier molecular flexibility index (Phi) is 5.20. The molecule has 0 atom stereocenters. The minimum atomic E-state index is -0.413. The Morgan fingerprint density at radius 2 is 2.06 bits per heavy atom. The van der Waals surface area contributed by atoms with E-state index in [0.717, 1.165) is 10.2 Å². The molecular weight excluding hydrogens is 294 g/mol. The standard InChI is InChI=1S/C14H20BrNO2/c1-10-5-6-11(9-12(10)15)16-8-7-13(17)18-14(2,3)4/h5-6,9,16H,7-8H2,1-4H3. The van der Waals surface area contributed by atoms with Gasteiger partial charge in [-0.15, -0.1) is 0 Å². The van der Waals surface area contributed by atoms with Crippen LogP contribution in [0.2, 0.25) is 0 Å². The number of hydrogen-bond acceptors (Lipinski definition) is 3. The lowest BCUT2D eigenvalue weighted by Gasteiger charge is -2.19. The van der Waals surface area contributed by atoms with E-state index in [-0.39, 0.29) is 5.97 Å². The smallest absolute Gasteiger partial charge is 0.308 e. The van der Waals surface area contributed by atoms with Crippen molar-refractivity contribution in [2.45, 2.75) is 39.7 Å². The Morgan fingerprint density at radius 1 is 1.39 bits per heavy atom. The van der Waals surface area contributed by atoms with E-state index < -0.39 is 5.60 Å². The lowest BCUT2D eigenvalue weighted by atomic mass is 10.2. The van der Waals surface area contributed by atoms with Crippen molar-refractivity contribution in [3.8, 4) is 0 Å². The fourth-order valence-electron chi connectivity index (χ4n) is 1.40. The summed E-state index contributed by atoms with van der Waals surface area (Å²) in [5, 5.41) is 3.20. The van der Waals surface area contributed by atoms with Crippen LogP contribution in [0.4, 0.5) is 5.69 Å². The van der Waals surface area contributed by atoms with Crippen LogP contribution in [0.25, 0.3) is 0 Å². The van der Waals surface area contributed by atoms with Crippen LogP contribution in [0.5, 0.6) is 0 Å². The number of benzene rings is 1. The zero-order valence-corrected chi connectivity index (χ0v) is 12.9. The quantitative estimate of drug-likeness (QED) is 0.857. The molecule has 0 aliphatic carbocycles. The molecule has 0 fully saturated rings. The maximum absolute atomic E-state index is 11.5. The summed E-state index contributed by atoms with van der Waals surface area (Å²) in [5.74, 6) is -0.179. The monoisotopic (exact) mass is 313 g/mol. The van der Waals surface area contributed by atoms with Crippen LogP contribution in [0.15, 0.2) is 22.7 Å². The maximum atomic E-state index is 11.5. The molecule has 1 aromatic carbocycles. The molecule has 1 rings (SSSR count). The van der Waals surface area contributed by atoms with Crippen LogP contribution in [0, 0.1) is 6.92 Å². The molecule has 0 aliphatic heterocycles. The molecule has 1 N–H and O–H groups in total. The van der Waals surface area contributed by atoms with Crippen molar-refractivity contribution >= 4 is 27.6 Å². The van der Waals surface area contributed by atoms with Crippen LogP contribution in [0.3, 0.4) is 0 Å². The molecular formula is C14H20BrNO2. The third-order valence-electron chi connectivity index (χ3n) is 2.25. The first-order chi connectivity index (χ1) is 8.28. The zero-order chi connectivity index (χ0) is 13.8. The van der Waals surface area contributed by atoms with Crippen molar-refractivity contribution in [1.82, 2.24) is 0 Å². The van der Waals surface area contributed by atoms with Crippen molar-refractivity contribution in [3.05, 3.63) is 28.2 Å². The van der Waals surface area contributed by atoms with E-state index in [4.69, 9.17) is 4.74 Å². The molecule has 18 heavy (non-hydrogen) atoms. The molecule has 0 aliphatic rings. The average molecular weight is 314 g/mol. The van der Waals surface area contributed by atoms with Crippen LogP contribution in [-0.4, -0.2) is 18.1 Å². The van der Waals surface area contributed by atoms with Gasteiger partial charge in [-0.3, -0.25) is 4.79 Å². The maximum Gasteiger partial charge on any atom is 0.308 e. The lowest BCUT2D eigenvalue weighted by Crippen LogP contribution is -2.25. The number of esters is 1. The van der Waals surface area contributed by atoms with Crippen LogP contribution >= 0.6 is 15.9 Å². The van der Waals surface area contributed by atoms with Gasteiger partial charge in [-0.2, -0.15) is 0 Å². The van der Waals surface area contributed by atoms with E-state index >= 15 is 0 Å². The second kappa shape index (κ2) is 6.23. The van der Waals surface area contributed by atoms with Crippen molar-refractivity contribution in [1.29, 1.82) is 0 Å². The molecule has 0 aromatic heterocycles. The Labute approximate surface area is 117 Å². The van der Waals surface area contributed by atoms with Gasteiger partial charge in [-0.1, -0.05) is 22.0 Å². The molecule has 0 saturated heterocycles. The summed E-state index contributed by atoms with van der Waals surface area (Å²) in [6.07, 6.45) is 0.364. The van der Waals surface area contributed by atoms with E-state index in [1.54, 1.807) is 0 Å². The Morgan fingerprint density at radius 3 is 2.61 bits per heavy atom. The highest BCUT2D eigenvalue weighted by atomic mass is 79.9. The average Bonchev–Trinajstić information content (AvgIpc) is 2.20.